The number of aromatic nitrogens is 2. The van der Waals surface area contributed by atoms with Gasteiger partial charge in [0, 0.05) is 19.7 Å². The molecule has 1 N–H and O–H groups in total. The molecule has 1 aromatic heterocycles. The highest BCUT2D eigenvalue weighted by Crippen LogP contribution is 2.25. The summed E-state index contributed by atoms with van der Waals surface area (Å²) in [7, 11) is 1.87. The Morgan fingerprint density at radius 1 is 1.28 bits per heavy atom. The van der Waals surface area contributed by atoms with Gasteiger partial charge in [0.25, 0.3) is 0 Å². The zero-order chi connectivity index (χ0) is 12.5. The second kappa shape index (κ2) is 4.58. The van der Waals surface area contributed by atoms with E-state index in [9.17, 15) is 5.11 Å². The summed E-state index contributed by atoms with van der Waals surface area (Å²) in [6.45, 7) is 0. The summed E-state index contributed by atoms with van der Waals surface area (Å²) in [5, 5.41) is 14.4. The standard InChI is InChI=1S/C15H18N2O/c1-17-8-7-14(16-17)15(18)10-11-5-6-12-3-2-4-13(12)9-11/h5-9,15,18H,2-4,10H2,1H3. The van der Waals surface area contributed by atoms with Crippen molar-refractivity contribution in [3.63, 3.8) is 0 Å². The highest BCUT2D eigenvalue weighted by atomic mass is 16.3. The first-order chi connectivity index (χ1) is 8.72. The SMILES string of the molecule is Cn1ccc(C(O)Cc2ccc3c(c2)CCC3)n1. The van der Waals surface area contributed by atoms with Crippen LogP contribution in [0.2, 0.25) is 0 Å². The molecule has 1 unspecified atom stereocenters. The maximum Gasteiger partial charge on any atom is 0.102 e. The van der Waals surface area contributed by atoms with Crippen molar-refractivity contribution in [2.75, 3.05) is 0 Å². The first-order valence-corrected chi connectivity index (χ1v) is 6.50. The van der Waals surface area contributed by atoms with Gasteiger partial charge in [-0.25, -0.2) is 0 Å². The van der Waals surface area contributed by atoms with Crippen molar-refractivity contribution in [1.29, 1.82) is 0 Å². The van der Waals surface area contributed by atoms with E-state index in [0.717, 1.165) is 5.69 Å². The summed E-state index contributed by atoms with van der Waals surface area (Å²) < 4.78 is 1.72. The highest BCUT2D eigenvalue weighted by Gasteiger charge is 2.14. The highest BCUT2D eigenvalue weighted by molar-refractivity contribution is 5.35. The lowest BCUT2D eigenvalue weighted by Crippen LogP contribution is -2.04. The Balaban J connectivity index is 1.76. The van der Waals surface area contributed by atoms with Crippen LogP contribution in [0.5, 0.6) is 0 Å². The molecule has 0 saturated carbocycles. The van der Waals surface area contributed by atoms with Crippen LogP contribution in [0.4, 0.5) is 0 Å². The number of hydrogen-bond donors (Lipinski definition) is 1. The Hall–Kier alpha value is -1.61. The van der Waals surface area contributed by atoms with Gasteiger partial charge >= 0.3 is 0 Å². The molecule has 0 fully saturated rings. The molecule has 0 spiro atoms. The normalized spacial score (nSPS) is 15.7. The predicted molar refractivity (Wildman–Crippen MR) is 70.3 cm³/mol. The first-order valence-electron chi connectivity index (χ1n) is 6.50. The molecule has 0 saturated heterocycles. The van der Waals surface area contributed by atoms with E-state index < -0.39 is 6.10 Å². The van der Waals surface area contributed by atoms with E-state index in [0.29, 0.717) is 6.42 Å². The fraction of sp³-hybridized carbons (Fsp3) is 0.400. The van der Waals surface area contributed by atoms with E-state index in [1.54, 1.807) is 4.68 Å². The zero-order valence-electron chi connectivity index (χ0n) is 10.6. The van der Waals surface area contributed by atoms with Gasteiger partial charge in [-0.2, -0.15) is 5.10 Å². The van der Waals surface area contributed by atoms with Gasteiger partial charge < -0.3 is 5.11 Å². The smallest absolute Gasteiger partial charge is 0.102 e. The minimum absolute atomic E-state index is 0.509. The number of aliphatic hydroxyl groups excluding tert-OH is 1. The van der Waals surface area contributed by atoms with E-state index in [1.165, 1.54) is 36.0 Å². The number of benzene rings is 1. The summed E-state index contributed by atoms with van der Waals surface area (Å²) in [4.78, 5) is 0. The van der Waals surface area contributed by atoms with E-state index in [4.69, 9.17) is 0 Å². The van der Waals surface area contributed by atoms with E-state index in [-0.39, 0.29) is 0 Å². The minimum atomic E-state index is -0.509. The molecule has 0 aliphatic heterocycles. The molecule has 1 aromatic carbocycles. The molecule has 3 heteroatoms. The molecule has 0 amide bonds. The average Bonchev–Trinajstić information content (AvgIpc) is 2.96. The van der Waals surface area contributed by atoms with Gasteiger partial charge in [-0.3, -0.25) is 4.68 Å². The van der Waals surface area contributed by atoms with Crippen LogP contribution in [-0.2, 0) is 26.3 Å². The van der Waals surface area contributed by atoms with Crippen LogP contribution in [0.15, 0.2) is 30.5 Å². The van der Waals surface area contributed by atoms with Gasteiger partial charge in [0.2, 0.25) is 0 Å². The van der Waals surface area contributed by atoms with Crippen LogP contribution in [0.1, 0.15) is 34.9 Å². The summed E-state index contributed by atoms with van der Waals surface area (Å²) in [5.74, 6) is 0. The molecule has 0 radical (unpaired) electrons. The maximum atomic E-state index is 10.2. The fourth-order valence-corrected chi connectivity index (χ4v) is 2.69. The molecular formula is C15H18N2O. The van der Waals surface area contributed by atoms with Gasteiger partial charge in [-0.1, -0.05) is 18.2 Å². The van der Waals surface area contributed by atoms with Crippen molar-refractivity contribution in [3.05, 3.63) is 52.8 Å². The van der Waals surface area contributed by atoms with Gasteiger partial charge in [0.1, 0.15) is 6.10 Å². The summed E-state index contributed by atoms with van der Waals surface area (Å²) >= 11 is 0. The van der Waals surface area contributed by atoms with Crippen molar-refractivity contribution in [2.24, 2.45) is 7.05 Å². The van der Waals surface area contributed by atoms with Gasteiger partial charge in [-0.05, 0) is 42.0 Å². The summed E-state index contributed by atoms with van der Waals surface area (Å²) in [6.07, 6.45) is 5.65. The first kappa shape index (κ1) is 11.5. The molecule has 1 aliphatic rings. The van der Waals surface area contributed by atoms with E-state index >= 15 is 0 Å². The molecule has 0 bridgehead atoms. The third-order valence-corrected chi connectivity index (χ3v) is 3.67. The topological polar surface area (TPSA) is 38.0 Å². The van der Waals surface area contributed by atoms with Gasteiger partial charge in [0.05, 0.1) is 5.69 Å². The van der Waals surface area contributed by atoms with Crippen LogP contribution in [-0.4, -0.2) is 14.9 Å². The number of aliphatic hydroxyl groups is 1. The third kappa shape index (κ3) is 2.18. The Labute approximate surface area is 107 Å². The number of rotatable bonds is 3. The second-order valence-corrected chi connectivity index (χ2v) is 5.09. The lowest BCUT2D eigenvalue weighted by Gasteiger charge is -2.09. The maximum absolute atomic E-state index is 10.2. The van der Waals surface area contributed by atoms with Crippen LogP contribution < -0.4 is 0 Å². The van der Waals surface area contributed by atoms with Crippen LogP contribution in [0.25, 0.3) is 0 Å². The van der Waals surface area contributed by atoms with E-state index in [2.05, 4.69) is 23.3 Å². The number of nitrogens with zero attached hydrogens (tertiary/aromatic N) is 2. The van der Waals surface area contributed by atoms with Crippen molar-refractivity contribution in [1.82, 2.24) is 9.78 Å². The Morgan fingerprint density at radius 3 is 2.89 bits per heavy atom. The van der Waals surface area contributed by atoms with Gasteiger partial charge in [0.15, 0.2) is 0 Å². The van der Waals surface area contributed by atoms with Gasteiger partial charge in [-0.15, -0.1) is 0 Å². The molecule has 94 valence electrons. The summed E-state index contributed by atoms with van der Waals surface area (Å²) in [5.41, 5.74) is 4.89. The average molecular weight is 242 g/mol. The Kier molecular flexibility index (Phi) is 2.92. The molecule has 3 nitrogen and oxygen atoms in total. The molecule has 1 atom stereocenters. The number of aryl methyl sites for hydroxylation is 3. The number of fused-ring (bicyclic) bond motifs is 1. The van der Waals surface area contributed by atoms with Crippen LogP contribution in [0.3, 0.4) is 0 Å². The lowest BCUT2D eigenvalue weighted by molar-refractivity contribution is 0.172. The molecule has 1 heterocycles. The molecule has 2 aromatic rings. The van der Waals surface area contributed by atoms with Crippen molar-refractivity contribution >= 4 is 0 Å². The molecular weight excluding hydrogens is 224 g/mol. The predicted octanol–water partition coefficient (Wildman–Crippen LogP) is 2.18. The van der Waals surface area contributed by atoms with E-state index in [1.807, 2.05) is 19.3 Å². The second-order valence-electron chi connectivity index (χ2n) is 5.09. The fourth-order valence-electron chi connectivity index (χ4n) is 2.69. The third-order valence-electron chi connectivity index (χ3n) is 3.67. The lowest BCUT2D eigenvalue weighted by atomic mass is 10.0. The Morgan fingerprint density at radius 2 is 2.11 bits per heavy atom. The largest absolute Gasteiger partial charge is 0.386 e. The van der Waals surface area contributed by atoms with Crippen molar-refractivity contribution in [3.8, 4) is 0 Å². The van der Waals surface area contributed by atoms with Crippen LogP contribution >= 0.6 is 0 Å². The number of hydrogen-bond acceptors (Lipinski definition) is 2. The molecule has 3 rings (SSSR count). The zero-order valence-corrected chi connectivity index (χ0v) is 10.6. The van der Waals surface area contributed by atoms with Crippen molar-refractivity contribution < 1.29 is 5.11 Å². The molecule has 18 heavy (non-hydrogen) atoms. The van der Waals surface area contributed by atoms with Crippen LogP contribution in [0, 0.1) is 0 Å². The Bertz CT molecular complexity index is 559. The minimum Gasteiger partial charge on any atom is -0.386 e. The quantitative estimate of drug-likeness (QED) is 0.896. The van der Waals surface area contributed by atoms with Crippen molar-refractivity contribution in [2.45, 2.75) is 31.8 Å². The summed E-state index contributed by atoms with van der Waals surface area (Å²) in [6, 6.07) is 8.46. The molecule has 1 aliphatic carbocycles. The monoisotopic (exact) mass is 242 g/mol.